The SMILES string of the molecule is O=[N+]([O-])c1ccc(C[C@H](O)CO)cc1. The number of aliphatic hydroxyl groups is 2. The van der Waals surface area contributed by atoms with Gasteiger partial charge in [-0.1, -0.05) is 12.1 Å². The van der Waals surface area contributed by atoms with Crippen molar-refractivity contribution >= 4 is 5.69 Å². The summed E-state index contributed by atoms with van der Waals surface area (Å²) in [4.78, 5) is 9.83. The molecule has 0 fully saturated rings. The fraction of sp³-hybridized carbons (Fsp3) is 0.333. The minimum atomic E-state index is -0.809. The number of non-ortho nitro benzene ring substituents is 1. The average molecular weight is 197 g/mol. The summed E-state index contributed by atoms with van der Waals surface area (Å²) in [5, 5.41) is 28.0. The lowest BCUT2D eigenvalue weighted by Gasteiger charge is -2.05. The maximum Gasteiger partial charge on any atom is 0.269 e. The molecule has 0 radical (unpaired) electrons. The smallest absolute Gasteiger partial charge is 0.269 e. The van der Waals surface area contributed by atoms with Crippen molar-refractivity contribution in [1.29, 1.82) is 0 Å². The van der Waals surface area contributed by atoms with Gasteiger partial charge in [-0.05, 0) is 5.56 Å². The van der Waals surface area contributed by atoms with Gasteiger partial charge in [0.2, 0.25) is 0 Å². The van der Waals surface area contributed by atoms with Gasteiger partial charge < -0.3 is 10.2 Å². The fourth-order valence-electron chi connectivity index (χ4n) is 1.09. The molecule has 0 aromatic heterocycles. The Morgan fingerprint density at radius 1 is 1.36 bits per heavy atom. The first-order valence-corrected chi connectivity index (χ1v) is 4.15. The predicted octanol–water partition coefficient (Wildman–Crippen LogP) is 0.490. The molecule has 0 unspecified atom stereocenters. The number of rotatable bonds is 4. The normalized spacial score (nSPS) is 12.4. The summed E-state index contributed by atoms with van der Waals surface area (Å²) < 4.78 is 0. The second kappa shape index (κ2) is 4.69. The first-order valence-electron chi connectivity index (χ1n) is 4.15. The van der Waals surface area contributed by atoms with Crippen LogP contribution < -0.4 is 0 Å². The van der Waals surface area contributed by atoms with Gasteiger partial charge in [0, 0.05) is 18.6 Å². The number of aliphatic hydroxyl groups excluding tert-OH is 2. The van der Waals surface area contributed by atoms with Crippen molar-refractivity contribution in [2.45, 2.75) is 12.5 Å². The monoisotopic (exact) mass is 197 g/mol. The molecule has 76 valence electrons. The van der Waals surface area contributed by atoms with Crippen molar-refractivity contribution in [2.75, 3.05) is 6.61 Å². The first kappa shape index (κ1) is 10.6. The van der Waals surface area contributed by atoms with E-state index in [1.54, 1.807) is 12.1 Å². The molecule has 0 saturated heterocycles. The third-order valence-corrected chi connectivity index (χ3v) is 1.83. The third-order valence-electron chi connectivity index (χ3n) is 1.83. The average Bonchev–Trinajstić information content (AvgIpc) is 2.18. The van der Waals surface area contributed by atoms with Crippen molar-refractivity contribution < 1.29 is 15.1 Å². The van der Waals surface area contributed by atoms with Crippen LogP contribution in [0.5, 0.6) is 0 Å². The molecule has 14 heavy (non-hydrogen) atoms. The Bertz CT molecular complexity index is 309. The number of nitro benzene ring substituents is 1. The minimum absolute atomic E-state index is 0.0206. The van der Waals surface area contributed by atoms with Crippen molar-refractivity contribution in [3.05, 3.63) is 39.9 Å². The summed E-state index contributed by atoms with van der Waals surface area (Å²) in [6, 6.07) is 5.88. The lowest BCUT2D eigenvalue weighted by molar-refractivity contribution is -0.384. The lowest BCUT2D eigenvalue weighted by Crippen LogP contribution is -2.14. The zero-order valence-corrected chi connectivity index (χ0v) is 7.46. The van der Waals surface area contributed by atoms with Crippen LogP contribution >= 0.6 is 0 Å². The quantitative estimate of drug-likeness (QED) is 0.543. The lowest BCUT2D eigenvalue weighted by atomic mass is 10.1. The summed E-state index contributed by atoms with van der Waals surface area (Å²) >= 11 is 0. The summed E-state index contributed by atoms with van der Waals surface area (Å²) in [5.74, 6) is 0. The zero-order valence-electron chi connectivity index (χ0n) is 7.46. The Kier molecular flexibility index (Phi) is 3.55. The highest BCUT2D eigenvalue weighted by Crippen LogP contribution is 2.12. The molecule has 0 heterocycles. The topological polar surface area (TPSA) is 83.6 Å². The van der Waals surface area contributed by atoms with E-state index < -0.39 is 11.0 Å². The van der Waals surface area contributed by atoms with Crippen LogP contribution in [0.25, 0.3) is 0 Å². The van der Waals surface area contributed by atoms with Crippen LogP contribution in [0, 0.1) is 10.1 Å². The Morgan fingerprint density at radius 3 is 2.36 bits per heavy atom. The van der Waals surface area contributed by atoms with Gasteiger partial charge >= 0.3 is 0 Å². The van der Waals surface area contributed by atoms with Gasteiger partial charge in [-0.2, -0.15) is 0 Å². The molecule has 1 aromatic rings. The predicted molar refractivity (Wildman–Crippen MR) is 49.9 cm³/mol. The Labute approximate surface area is 80.8 Å². The number of nitrogens with zero attached hydrogens (tertiary/aromatic N) is 1. The van der Waals surface area contributed by atoms with Gasteiger partial charge in [-0.15, -0.1) is 0 Å². The fourth-order valence-corrected chi connectivity index (χ4v) is 1.09. The van der Waals surface area contributed by atoms with Gasteiger partial charge in [0.05, 0.1) is 17.6 Å². The summed E-state index contributed by atoms with van der Waals surface area (Å²) in [6.07, 6.45) is -0.509. The summed E-state index contributed by atoms with van der Waals surface area (Å²) in [6.45, 7) is -0.309. The molecule has 5 nitrogen and oxygen atoms in total. The molecule has 1 rings (SSSR count). The van der Waals surface area contributed by atoms with Crippen molar-refractivity contribution in [1.82, 2.24) is 0 Å². The molecule has 1 atom stereocenters. The Hall–Kier alpha value is -1.46. The van der Waals surface area contributed by atoms with E-state index in [1.807, 2.05) is 0 Å². The van der Waals surface area contributed by atoms with E-state index in [0.717, 1.165) is 5.56 Å². The van der Waals surface area contributed by atoms with Gasteiger partial charge in [0.1, 0.15) is 0 Å². The van der Waals surface area contributed by atoms with Gasteiger partial charge in [0.25, 0.3) is 5.69 Å². The molecule has 0 aliphatic heterocycles. The minimum Gasteiger partial charge on any atom is -0.394 e. The molecular formula is C9H11NO4. The first-order chi connectivity index (χ1) is 6.63. The van der Waals surface area contributed by atoms with Crippen LogP contribution in [-0.2, 0) is 6.42 Å². The largest absolute Gasteiger partial charge is 0.394 e. The highest BCUT2D eigenvalue weighted by atomic mass is 16.6. The molecule has 1 aromatic carbocycles. The Morgan fingerprint density at radius 2 is 1.93 bits per heavy atom. The van der Waals surface area contributed by atoms with Crippen LogP contribution in [0.3, 0.4) is 0 Å². The van der Waals surface area contributed by atoms with Crippen molar-refractivity contribution in [2.24, 2.45) is 0 Å². The molecule has 5 heteroatoms. The van der Waals surface area contributed by atoms with E-state index in [0.29, 0.717) is 6.42 Å². The zero-order chi connectivity index (χ0) is 10.6. The third kappa shape index (κ3) is 2.79. The van der Waals surface area contributed by atoms with Crippen LogP contribution in [0.15, 0.2) is 24.3 Å². The van der Waals surface area contributed by atoms with E-state index in [1.165, 1.54) is 12.1 Å². The van der Waals surface area contributed by atoms with Gasteiger partial charge in [0.15, 0.2) is 0 Å². The molecule has 0 spiro atoms. The molecule has 0 aliphatic carbocycles. The molecule has 0 bridgehead atoms. The van der Waals surface area contributed by atoms with E-state index in [9.17, 15) is 10.1 Å². The van der Waals surface area contributed by atoms with Crippen LogP contribution in [0.4, 0.5) is 5.69 Å². The van der Waals surface area contributed by atoms with Crippen LogP contribution in [0.2, 0.25) is 0 Å². The van der Waals surface area contributed by atoms with E-state index in [2.05, 4.69) is 0 Å². The van der Waals surface area contributed by atoms with Gasteiger partial charge in [-0.3, -0.25) is 10.1 Å². The Balaban J connectivity index is 2.68. The second-order valence-corrected chi connectivity index (χ2v) is 2.96. The standard InChI is InChI=1S/C9H11NO4/c11-6-9(12)5-7-1-3-8(4-2-7)10(13)14/h1-4,9,11-12H,5-6H2/t9-/m0/s1. The van der Waals surface area contributed by atoms with E-state index in [-0.39, 0.29) is 12.3 Å². The number of hydrogen-bond donors (Lipinski definition) is 2. The van der Waals surface area contributed by atoms with E-state index in [4.69, 9.17) is 10.2 Å². The second-order valence-electron chi connectivity index (χ2n) is 2.96. The summed E-state index contributed by atoms with van der Waals surface area (Å²) in [5.41, 5.74) is 0.782. The maximum absolute atomic E-state index is 10.3. The summed E-state index contributed by atoms with van der Waals surface area (Å²) in [7, 11) is 0. The maximum atomic E-state index is 10.3. The van der Waals surface area contributed by atoms with Crippen LogP contribution in [-0.4, -0.2) is 27.8 Å². The van der Waals surface area contributed by atoms with Gasteiger partial charge in [-0.25, -0.2) is 0 Å². The van der Waals surface area contributed by atoms with Crippen LogP contribution in [0.1, 0.15) is 5.56 Å². The molecule has 0 amide bonds. The highest BCUT2D eigenvalue weighted by Gasteiger charge is 2.06. The molecular weight excluding hydrogens is 186 g/mol. The molecule has 0 aliphatic rings. The molecule has 2 N–H and O–H groups in total. The number of nitro groups is 1. The van der Waals surface area contributed by atoms with Crippen molar-refractivity contribution in [3.63, 3.8) is 0 Å². The number of hydrogen-bond acceptors (Lipinski definition) is 4. The molecule has 0 saturated carbocycles. The number of benzene rings is 1. The van der Waals surface area contributed by atoms with Crippen molar-refractivity contribution in [3.8, 4) is 0 Å². The highest BCUT2D eigenvalue weighted by molar-refractivity contribution is 5.33. The van der Waals surface area contributed by atoms with E-state index >= 15 is 0 Å².